The number of benzene rings is 1. The smallest absolute Gasteiger partial charge is 0.233 e. The third kappa shape index (κ3) is 3.63. The van der Waals surface area contributed by atoms with Gasteiger partial charge >= 0.3 is 0 Å². The van der Waals surface area contributed by atoms with E-state index in [1.165, 1.54) is 4.90 Å². The fraction of sp³-hybridized carbons (Fsp3) is 0.550. The Balaban J connectivity index is 1.34. The molecule has 1 aromatic carbocycles. The molecule has 0 radical (unpaired) electrons. The number of hydrogen-bond donors (Lipinski definition) is 1. The zero-order valence-corrected chi connectivity index (χ0v) is 15.2. The summed E-state index contributed by atoms with van der Waals surface area (Å²) in [5, 5.41) is 2.81. The molecule has 2 atom stereocenters. The molecule has 1 N–H and O–H groups in total. The van der Waals surface area contributed by atoms with Crippen molar-refractivity contribution >= 4 is 23.4 Å². The predicted molar refractivity (Wildman–Crippen MR) is 97.5 cm³/mol. The van der Waals surface area contributed by atoms with E-state index in [0.717, 1.165) is 32.1 Å². The van der Waals surface area contributed by atoms with Crippen molar-refractivity contribution in [2.75, 3.05) is 25.1 Å². The van der Waals surface area contributed by atoms with E-state index in [1.54, 1.807) is 18.2 Å². The molecule has 1 aromatic rings. The second-order valence-corrected chi connectivity index (χ2v) is 7.34. The normalized spacial score (nSPS) is 24.4. The van der Waals surface area contributed by atoms with Gasteiger partial charge in [0.05, 0.1) is 25.0 Å². The summed E-state index contributed by atoms with van der Waals surface area (Å²) in [6.45, 7) is 1.32. The molecule has 2 fully saturated rings. The number of likely N-dealkylation sites (tertiary alicyclic amines) is 1. The fourth-order valence-electron chi connectivity index (χ4n) is 4.13. The van der Waals surface area contributed by atoms with Gasteiger partial charge in [-0.15, -0.1) is 0 Å². The van der Waals surface area contributed by atoms with Gasteiger partial charge in [0, 0.05) is 31.1 Å². The van der Waals surface area contributed by atoms with Crippen LogP contribution < -0.4 is 14.8 Å². The van der Waals surface area contributed by atoms with Crippen LogP contribution >= 0.6 is 0 Å². The van der Waals surface area contributed by atoms with Crippen LogP contribution in [0.4, 0.5) is 5.69 Å². The number of amides is 3. The van der Waals surface area contributed by atoms with Crippen molar-refractivity contribution in [1.29, 1.82) is 0 Å². The van der Waals surface area contributed by atoms with Crippen molar-refractivity contribution in [3.63, 3.8) is 0 Å². The zero-order valence-electron chi connectivity index (χ0n) is 15.2. The standard InChI is InChI=1S/C20H24N2O5/c23-18(21-13-6-7-16-17(12-13)27-11-3-10-26-16)8-9-22-19(24)14-4-1-2-5-15(14)20(22)25/h6-7,12,14-15H,1-5,8-11H2,(H,21,23)/t14-,15+. The molecule has 144 valence electrons. The molecule has 4 rings (SSSR count). The molecular weight excluding hydrogens is 348 g/mol. The number of rotatable bonds is 4. The molecule has 1 saturated heterocycles. The van der Waals surface area contributed by atoms with Crippen LogP contribution in [0.1, 0.15) is 38.5 Å². The van der Waals surface area contributed by atoms with Gasteiger partial charge in [0.1, 0.15) is 0 Å². The van der Waals surface area contributed by atoms with E-state index in [1.807, 2.05) is 0 Å². The summed E-state index contributed by atoms with van der Waals surface area (Å²) >= 11 is 0. The lowest BCUT2D eigenvalue weighted by molar-refractivity contribution is -0.140. The first-order valence-corrected chi connectivity index (χ1v) is 9.68. The molecule has 2 aliphatic heterocycles. The Kier molecular flexibility index (Phi) is 5.01. The number of carbonyl (C=O) groups excluding carboxylic acids is 3. The molecule has 0 spiro atoms. The summed E-state index contributed by atoms with van der Waals surface area (Å²) in [6.07, 6.45) is 4.48. The summed E-state index contributed by atoms with van der Waals surface area (Å²) in [5.41, 5.74) is 0.608. The molecule has 7 nitrogen and oxygen atoms in total. The summed E-state index contributed by atoms with van der Waals surface area (Å²) in [4.78, 5) is 38.5. The highest BCUT2D eigenvalue weighted by atomic mass is 16.5. The lowest BCUT2D eigenvalue weighted by Crippen LogP contribution is -2.34. The second kappa shape index (κ2) is 7.58. The molecule has 27 heavy (non-hydrogen) atoms. The number of hydrogen-bond acceptors (Lipinski definition) is 5. The first kappa shape index (κ1) is 17.8. The SMILES string of the molecule is O=C(CCN1C(=O)[C@H]2CCCC[C@H]2C1=O)Nc1ccc2c(c1)OCCCO2. The number of anilines is 1. The third-order valence-corrected chi connectivity index (χ3v) is 5.53. The van der Waals surface area contributed by atoms with E-state index in [2.05, 4.69) is 5.32 Å². The van der Waals surface area contributed by atoms with E-state index in [0.29, 0.717) is 30.4 Å². The number of imide groups is 1. The van der Waals surface area contributed by atoms with Crippen LogP contribution in [0.2, 0.25) is 0 Å². The Bertz CT molecular complexity index is 739. The number of ether oxygens (including phenoxy) is 2. The summed E-state index contributed by atoms with van der Waals surface area (Å²) in [7, 11) is 0. The Morgan fingerprint density at radius 2 is 1.67 bits per heavy atom. The van der Waals surface area contributed by atoms with Gasteiger partial charge in [-0.25, -0.2) is 0 Å². The highest BCUT2D eigenvalue weighted by Crippen LogP contribution is 2.38. The average molecular weight is 372 g/mol. The maximum Gasteiger partial charge on any atom is 0.233 e. The van der Waals surface area contributed by atoms with Crippen LogP contribution in [0.5, 0.6) is 11.5 Å². The summed E-state index contributed by atoms with van der Waals surface area (Å²) in [6, 6.07) is 5.26. The molecule has 1 saturated carbocycles. The lowest BCUT2D eigenvalue weighted by atomic mass is 9.81. The highest BCUT2D eigenvalue weighted by molar-refractivity contribution is 6.05. The molecule has 3 aliphatic rings. The van der Waals surface area contributed by atoms with E-state index >= 15 is 0 Å². The molecule has 2 heterocycles. The first-order chi connectivity index (χ1) is 13.1. The molecule has 3 amide bonds. The average Bonchev–Trinajstić information content (AvgIpc) is 2.82. The fourth-order valence-corrected chi connectivity index (χ4v) is 4.13. The van der Waals surface area contributed by atoms with E-state index < -0.39 is 0 Å². The minimum absolute atomic E-state index is 0.0887. The maximum atomic E-state index is 12.5. The predicted octanol–water partition coefficient (Wildman–Crippen LogP) is 2.35. The monoisotopic (exact) mass is 372 g/mol. The molecule has 0 bridgehead atoms. The Labute approximate surface area is 158 Å². The number of nitrogens with one attached hydrogen (secondary N) is 1. The molecular formula is C20H24N2O5. The summed E-state index contributed by atoms with van der Waals surface area (Å²) in [5.74, 6) is 0.494. The van der Waals surface area contributed by atoms with Gasteiger partial charge in [0.25, 0.3) is 0 Å². The number of carbonyl (C=O) groups is 3. The van der Waals surface area contributed by atoms with Crippen molar-refractivity contribution in [2.45, 2.75) is 38.5 Å². The van der Waals surface area contributed by atoms with Gasteiger partial charge in [0.15, 0.2) is 11.5 Å². The maximum absolute atomic E-state index is 12.5. The van der Waals surface area contributed by atoms with Gasteiger partial charge in [0.2, 0.25) is 17.7 Å². The highest BCUT2D eigenvalue weighted by Gasteiger charge is 2.47. The lowest BCUT2D eigenvalue weighted by Gasteiger charge is -2.19. The third-order valence-electron chi connectivity index (χ3n) is 5.53. The Hall–Kier alpha value is -2.57. The van der Waals surface area contributed by atoms with Crippen LogP contribution in [0.25, 0.3) is 0 Å². The Morgan fingerprint density at radius 3 is 2.37 bits per heavy atom. The molecule has 0 aromatic heterocycles. The van der Waals surface area contributed by atoms with Crippen LogP contribution in [0, 0.1) is 11.8 Å². The van der Waals surface area contributed by atoms with Crippen molar-refractivity contribution in [3.05, 3.63) is 18.2 Å². The van der Waals surface area contributed by atoms with E-state index in [4.69, 9.17) is 9.47 Å². The molecule has 0 unspecified atom stereocenters. The van der Waals surface area contributed by atoms with Crippen LogP contribution in [-0.2, 0) is 14.4 Å². The Morgan fingerprint density at radius 1 is 1.00 bits per heavy atom. The van der Waals surface area contributed by atoms with Crippen molar-refractivity contribution < 1.29 is 23.9 Å². The summed E-state index contributed by atoms with van der Waals surface area (Å²) < 4.78 is 11.2. The quantitative estimate of drug-likeness (QED) is 0.820. The molecule has 1 aliphatic carbocycles. The van der Waals surface area contributed by atoms with Crippen molar-refractivity contribution in [1.82, 2.24) is 4.90 Å². The minimum Gasteiger partial charge on any atom is -0.490 e. The van der Waals surface area contributed by atoms with Crippen molar-refractivity contribution in [3.8, 4) is 11.5 Å². The molecule has 7 heteroatoms. The van der Waals surface area contributed by atoms with Crippen molar-refractivity contribution in [2.24, 2.45) is 11.8 Å². The van der Waals surface area contributed by atoms with Gasteiger partial charge in [-0.2, -0.15) is 0 Å². The van der Waals surface area contributed by atoms with Crippen LogP contribution in [0.3, 0.4) is 0 Å². The number of fused-ring (bicyclic) bond motifs is 2. The second-order valence-electron chi connectivity index (χ2n) is 7.34. The first-order valence-electron chi connectivity index (χ1n) is 9.68. The van der Waals surface area contributed by atoms with Crippen LogP contribution in [-0.4, -0.2) is 42.4 Å². The minimum atomic E-state index is -0.236. The van der Waals surface area contributed by atoms with E-state index in [9.17, 15) is 14.4 Å². The zero-order chi connectivity index (χ0) is 18.8. The van der Waals surface area contributed by atoms with Gasteiger partial charge in [-0.3, -0.25) is 19.3 Å². The van der Waals surface area contributed by atoms with Gasteiger partial charge < -0.3 is 14.8 Å². The number of nitrogens with zero attached hydrogens (tertiary/aromatic N) is 1. The van der Waals surface area contributed by atoms with E-state index in [-0.39, 0.29) is 42.5 Å². The van der Waals surface area contributed by atoms with Crippen LogP contribution in [0.15, 0.2) is 18.2 Å². The van der Waals surface area contributed by atoms with Gasteiger partial charge in [-0.1, -0.05) is 12.8 Å². The topological polar surface area (TPSA) is 84.9 Å². The largest absolute Gasteiger partial charge is 0.490 e. The van der Waals surface area contributed by atoms with Gasteiger partial charge in [-0.05, 0) is 25.0 Å².